The van der Waals surface area contributed by atoms with Gasteiger partial charge in [0, 0.05) is 27.2 Å². The molecule has 0 bridgehead atoms. The minimum absolute atomic E-state index is 0.00533. The van der Waals surface area contributed by atoms with Gasteiger partial charge in [-0.1, -0.05) is 28.4 Å². The first-order chi connectivity index (χ1) is 14.1. The molecule has 0 saturated carbocycles. The third-order valence-corrected chi connectivity index (χ3v) is 5.50. The molecule has 0 radical (unpaired) electrons. The van der Waals surface area contributed by atoms with Crippen molar-refractivity contribution >= 4 is 34.8 Å². The highest BCUT2D eigenvalue weighted by Crippen LogP contribution is 2.23. The van der Waals surface area contributed by atoms with Crippen LogP contribution in [0, 0.1) is 5.92 Å². The molecule has 0 atom stereocenters. The summed E-state index contributed by atoms with van der Waals surface area (Å²) in [5.41, 5.74) is 1.63. The molecule has 2 aromatic carbocycles. The Kier molecular flexibility index (Phi) is 6.13. The molecule has 150 valence electrons. The number of benzene rings is 2. The van der Waals surface area contributed by atoms with Crippen LogP contribution in [-0.4, -0.2) is 34.0 Å². The largest absolute Gasteiger partial charge is 0.338 e. The van der Waals surface area contributed by atoms with Crippen molar-refractivity contribution in [3.05, 3.63) is 64.5 Å². The summed E-state index contributed by atoms with van der Waals surface area (Å²) in [7, 11) is 0. The Morgan fingerprint density at radius 1 is 1.03 bits per heavy atom. The van der Waals surface area contributed by atoms with Crippen LogP contribution in [0.1, 0.15) is 18.7 Å². The molecule has 4 rings (SSSR count). The van der Waals surface area contributed by atoms with Gasteiger partial charge in [-0.2, -0.15) is 4.98 Å². The van der Waals surface area contributed by atoms with Crippen LogP contribution in [-0.2, 0) is 11.3 Å². The van der Waals surface area contributed by atoms with Gasteiger partial charge in [0.15, 0.2) is 0 Å². The SMILES string of the molecule is O=C(Nc1ccc(Cl)cc1)C1CCN(Cc2nc(-c3ccc(Cl)cc3)no2)CC1. The van der Waals surface area contributed by atoms with Gasteiger partial charge >= 0.3 is 0 Å². The molecule has 1 amide bonds. The maximum absolute atomic E-state index is 12.5. The topological polar surface area (TPSA) is 71.3 Å². The van der Waals surface area contributed by atoms with Crippen molar-refractivity contribution in [3.63, 3.8) is 0 Å². The summed E-state index contributed by atoms with van der Waals surface area (Å²) in [5, 5.41) is 8.33. The Hall–Kier alpha value is -2.41. The van der Waals surface area contributed by atoms with Crippen LogP contribution in [0.15, 0.2) is 53.1 Å². The van der Waals surface area contributed by atoms with Gasteiger partial charge in [0.1, 0.15) is 0 Å². The molecule has 1 aromatic heterocycles. The summed E-state index contributed by atoms with van der Waals surface area (Å²) >= 11 is 11.8. The maximum atomic E-state index is 12.5. The molecule has 0 unspecified atom stereocenters. The highest BCUT2D eigenvalue weighted by atomic mass is 35.5. The number of piperidine rings is 1. The van der Waals surface area contributed by atoms with Crippen molar-refractivity contribution in [3.8, 4) is 11.4 Å². The minimum Gasteiger partial charge on any atom is -0.338 e. The number of anilines is 1. The van der Waals surface area contributed by atoms with Crippen molar-refractivity contribution in [1.29, 1.82) is 0 Å². The molecular weight excluding hydrogens is 411 g/mol. The second kappa shape index (κ2) is 8.95. The zero-order chi connectivity index (χ0) is 20.2. The van der Waals surface area contributed by atoms with Crippen molar-refractivity contribution in [2.75, 3.05) is 18.4 Å². The summed E-state index contributed by atoms with van der Waals surface area (Å²) in [4.78, 5) is 19.2. The lowest BCUT2D eigenvalue weighted by atomic mass is 9.96. The minimum atomic E-state index is -0.00533. The fourth-order valence-electron chi connectivity index (χ4n) is 3.36. The number of rotatable bonds is 5. The first kappa shape index (κ1) is 19.9. The molecule has 1 N–H and O–H groups in total. The van der Waals surface area contributed by atoms with Crippen molar-refractivity contribution in [2.45, 2.75) is 19.4 Å². The van der Waals surface area contributed by atoms with E-state index < -0.39 is 0 Å². The molecule has 29 heavy (non-hydrogen) atoms. The summed E-state index contributed by atoms with van der Waals surface area (Å²) in [6.45, 7) is 2.18. The first-order valence-corrected chi connectivity index (χ1v) is 10.2. The zero-order valence-electron chi connectivity index (χ0n) is 15.6. The highest BCUT2D eigenvalue weighted by molar-refractivity contribution is 6.30. The van der Waals surface area contributed by atoms with Crippen LogP contribution in [0.2, 0.25) is 10.0 Å². The number of hydrogen-bond acceptors (Lipinski definition) is 5. The van der Waals surface area contributed by atoms with E-state index in [1.54, 1.807) is 24.3 Å². The average molecular weight is 431 g/mol. The van der Waals surface area contributed by atoms with Gasteiger partial charge in [-0.05, 0) is 74.5 Å². The van der Waals surface area contributed by atoms with Crippen LogP contribution in [0.3, 0.4) is 0 Å². The smallest absolute Gasteiger partial charge is 0.241 e. The number of nitrogens with one attached hydrogen (secondary N) is 1. The van der Waals surface area contributed by atoms with Crippen LogP contribution >= 0.6 is 23.2 Å². The van der Waals surface area contributed by atoms with E-state index in [1.165, 1.54) is 0 Å². The molecular formula is C21H20Cl2N4O2. The quantitative estimate of drug-likeness (QED) is 0.623. The fraction of sp³-hybridized carbons (Fsp3) is 0.286. The van der Waals surface area contributed by atoms with E-state index in [0.29, 0.717) is 28.3 Å². The first-order valence-electron chi connectivity index (χ1n) is 9.44. The molecule has 1 saturated heterocycles. The zero-order valence-corrected chi connectivity index (χ0v) is 17.2. The molecule has 2 heterocycles. The number of nitrogens with zero attached hydrogens (tertiary/aromatic N) is 3. The number of hydrogen-bond donors (Lipinski definition) is 1. The van der Waals surface area contributed by atoms with Crippen molar-refractivity contribution in [2.24, 2.45) is 5.92 Å². The fourth-order valence-corrected chi connectivity index (χ4v) is 3.61. The molecule has 1 fully saturated rings. The molecule has 1 aliphatic heterocycles. The number of halogens is 2. The Morgan fingerprint density at radius 2 is 1.66 bits per heavy atom. The van der Waals surface area contributed by atoms with E-state index in [4.69, 9.17) is 27.7 Å². The lowest BCUT2D eigenvalue weighted by Crippen LogP contribution is -2.37. The Labute approximate surface area is 178 Å². The molecule has 6 nitrogen and oxygen atoms in total. The lowest BCUT2D eigenvalue weighted by Gasteiger charge is -2.30. The number of amides is 1. The van der Waals surface area contributed by atoms with E-state index in [2.05, 4.69) is 20.4 Å². The third-order valence-electron chi connectivity index (χ3n) is 5.00. The van der Waals surface area contributed by atoms with Crippen molar-refractivity contribution in [1.82, 2.24) is 15.0 Å². The van der Waals surface area contributed by atoms with Crippen LogP contribution in [0.25, 0.3) is 11.4 Å². The standard InChI is InChI=1S/C21H20Cl2N4O2/c22-16-3-1-14(2-4-16)20-25-19(29-26-20)13-27-11-9-15(10-12-27)21(28)24-18-7-5-17(23)6-8-18/h1-8,15H,9-13H2,(H,24,28). The predicted molar refractivity (Wildman–Crippen MR) is 113 cm³/mol. The van der Waals surface area contributed by atoms with E-state index in [-0.39, 0.29) is 11.8 Å². The van der Waals surface area contributed by atoms with Gasteiger partial charge in [0.05, 0.1) is 6.54 Å². The second-order valence-corrected chi connectivity index (χ2v) is 7.94. The van der Waals surface area contributed by atoms with Crippen LogP contribution < -0.4 is 5.32 Å². The lowest BCUT2D eigenvalue weighted by molar-refractivity contribution is -0.121. The molecule has 0 aliphatic carbocycles. The molecule has 8 heteroatoms. The van der Waals surface area contributed by atoms with E-state index in [9.17, 15) is 4.79 Å². The van der Waals surface area contributed by atoms with E-state index in [1.807, 2.05) is 24.3 Å². The number of likely N-dealkylation sites (tertiary alicyclic amines) is 1. The molecule has 3 aromatic rings. The van der Waals surface area contributed by atoms with Crippen molar-refractivity contribution < 1.29 is 9.32 Å². The maximum Gasteiger partial charge on any atom is 0.241 e. The van der Waals surface area contributed by atoms with Gasteiger partial charge in [0.2, 0.25) is 17.6 Å². The summed E-state index contributed by atoms with van der Waals surface area (Å²) in [6, 6.07) is 14.5. The van der Waals surface area contributed by atoms with Gasteiger partial charge in [0.25, 0.3) is 0 Å². The summed E-state index contributed by atoms with van der Waals surface area (Å²) in [5.74, 6) is 1.16. The van der Waals surface area contributed by atoms with Gasteiger partial charge in [-0.3, -0.25) is 9.69 Å². The van der Waals surface area contributed by atoms with Gasteiger partial charge in [-0.15, -0.1) is 0 Å². The van der Waals surface area contributed by atoms with Gasteiger partial charge in [-0.25, -0.2) is 0 Å². The summed E-state index contributed by atoms with van der Waals surface area (Å²) in [6.07, 6.45) is 1.58. The normalized spacial score (nSPS) is 15.4. The predicted octanol–water partition coefficient (Wildman–Crippen LogP) is 4.89. The van der Waals surface area contributed by atoms with Crippen LogP contribution in [0.5, 0.6) is 0 Å². The molecule has 0 spiro atoms. The Balaban J connectivity index is 1.28. The third kappa shape index (κ3) is 5.15. The number of carbonyl (C=O) groups excluding carboxylic acids is 1. The molecule has 1 aliphatic rings. The second-order valence-electron chi connectivity index (χ2n) is 7.07. The van der Waals surface area contributed by atoms with Crippen LogP contribution in [0.4, 0.5) is 5.69 Å². The van der Waals surface area contributed by atoms with E-state index >= 15 is 0 Å². The number of aromatic nitrogens is 2. The summed E-state index contributed by atoms with van der Waals surface area (Å²) < 4.78 is 5.39. The Morgan fingerprint density at radius 3 is 2.31 bits per heavy atom. The highest BCUT2D eigenvalue weighted by Gasteiger charge is 2.26. The Bertz CT molecular complexity index is 965. The average Bonchev–Trinajstić information content (AvgIpc) is 3.19. The monoisotopic (exact) mass is 430 g/mol. The van der Waals surface area contributed by atoms with E-state index in [0.717, 1.165) is 37.2 Å². The number of carbonyl (C=O) groups is 1. The van der Waals surface area contributed by atoms with Gasteiger partial charge < -0.3 is 9.84 Å².